The van der Waals surface area contributed by atoms with Gasteiger partial charge in [-0.25, -0.2) is 14.8 Å². The van der Waals surface area contributed by atoms with Crippen LogP contribution < -0.4 is 4.90 Å². The molecule has 5 heteroatoms. The maximum atomic E-state index is 10.9. The average molecular weight is 269 g/mol. The molecule has 0 amide bonds. The molecule has 1 aromatic heterocycles. The van der Waals surface area contributed by atoms with E-state index in [1.54, 1.807) is 0 Å². The smallest absolute Gasteiger partial charge is 0.354 e. The normalized spacial score (nSPS) is 13.3. The lowest BCUT2D eigenvalue weighted by atomic mass is 10.0. The molecule has 0 saturated heterocycles. The van der Waals surface area contributed by atoms with Crippen molar-refractivity contribution in [2.45, 2.75) is 12.8 Å². The van der Waals surface area contributed by atoms with E-state index in [2.05, 4.69) is 40.1 Å². The second-order valence-electron chi connectivity index (χ2n) is 5.01. The second kappa shape index (κ2) is 4.92. The summed E-state index contributed by atoms with van der Waals surface area (Å²) in [5.74, 6) is -1.02. The molecule has 5 nitrogen and oxygen atoms in total. The molecule has 0 saturated carbocycles. The van der Waals surface area contributed by atoms with Crippen molar-refractivity contribution in [1.29, 1.82) is 0 Å². The van der Waals surface area contributed by atoms with Crippen LogP contribution in [0.5, 0.6) is 0 Å². The summed E-state index contributed by atoms with van der Waals surface area (Å²) in [5, 5.41) is 8.94. The van der Waals surface area contributed by atoms with E-state index >= 15 is 0 Å². The fraction of sp³-hybridized carbons (Fsp3) is 0.267. The molecule has 0 unspecified atom stereocenters. The van der Waals surface area contributed by atoms with Gasteiger partial charge in [0.25, 0.3) is 0 Å². The minimum Gasteiger partial charge on any atom is -0.477 e. The summed E-state index contributed by atoms with van der Waals surface area (Å²) in [6.45, 7) is 1.05. The first-order chi connectivity index (χ1) is 9.63. The number of rotatable bonds is 3. The molecule has 0 spiro atoms. The topological polar surface area (TPSA) is 66.3 Å². The Labute approximate surface area is 116 Å². The van der Waals surface area contributed by atoms with Crippen LogP contribution in [0.4, 0.5) is 5.69 Å². The summed E-state index contributed by atoms with van der Waals surface area (Å²) < 4.78 is 0. The fourth-order valence-electron chi connectivity index (χ4n) is 2.55. The van der Waals surface area contributed by atoms with E-state index < -0.39 is 5.97 Å². The van der Waals surface area contributed by atoms with E-state index in [-0.39, 0.29) is 5.69 Å². The Morgan fingerprint density at radius 2 is 2.20 bits per heavy atom. The van der Waals surface area contributed by atoms with Crippen molar-refractivity contribution < 1.29 is 9.90 Å². The third-order valence-electron chi connectivity index (χ3n) is 3.60. The van der Waals surface area contributed by atoms with Gasteiger partial charge in [-0.15, -0.1) is 0 Å². The number of anilines is 1. The van der Waals surface area contributed by atoms with Gasteiger partial charge >= 0.3 is 5.97 Å². The van der Waals surface area contributed by atoms with Gasteiger partial charge in [0.15, 0.2) is 5.69 Å². The lowest BCUT2D eigenvalue weighted by molar-refractivity contribution is 0.0690. The molecule has 0 atom stereocenters. The lowest BCUT2D eigenvalue weighted by Crippen LogP contribution is -2.12. The van der Waals surface area contributed by atoms with E-state index in [0.717, 1.165) is 24.2 Å². The van der Waals surface area contributed by atoms with Crippen molar-refractivity contribution in [2.24, 2.45) is 0 Å². The highest BCUT2D eigenvalue weighted by Crippen LogP contribution is 2.27. The van der Waals surface area contributed by atoms with Crippen LogP contribution in [-0.4, -0.2) is 34.6 Å². The first kappa shape index (κ1) is 12.6. The number of aromatic carboxylic acids is 1. The van der Waals surface area contributed by atoms with Gasteiger partial charge in [-0.3, -0.25) is 0 Å². The summed E-state index contributed by atoms with van der Waals surface area (Å²) >= 11 is 0. The van der Waals surface area contributed by atoms with Crippen LogP contribution in [-0.2, 0) is 12.8 Å². The van der Waals surface area contributed by atoms with Crippen LogP contribution in [0.25, 0.3) is 0 Å². The zero-order valence-electron chi connectivity index (χ0n) is 11.2. The van der Waals surface area contributed by atoms with Crippen molar-refractivity contribution in [3.8, 4) is 0 Å². The number of aromatic nitrogens is 2. The van der Waals surface area contributed by atoms with Gasteiger partial charge in [0.05, 0.1) is 0 Å². The van der Waals surface area contributed by atoms with Crippen molar-refractivity contribution in [2.75, 3.05) is 18.5 Å². The van der Waals surface area contributed by atoms with E-state index in [4.69, 9.17) is 5.11 Å². The van der Waals surface area contributed by atoms with Gasteiger partial charge in [0.1, 0.15) is 6.33 Å². The Balaban J connectivity index is 1.85. The molecule has 1 aliphatic rings. The number of likely N-dealkylation sites (N-methyl/N-ethyl adjacent to an activating group) is 1. The minimum absolute atomic E-state index is 0.0379. The number of hydrogen-bond donors (Lipinski definition) is 1. The lowest BCUT2D eigenvalue weighted by Gasteiger charge is -2.12. The third-order valence-corrected chi connectivity index (χ3v) is 3.60. The van der Waals surface area contributed by atoms with Crippen molar-refractivity contribution in [3.63, 3.8) is 0 Å². The van der Waals surface area contributed by atoms with E-state index in [1.165, 1.54) is 23.6 Å². The minimum atomic E-state index is -1.02. The zero-order chi connectivity index (χ0) is 14.1. The predicted octanol–water partition coefficient (Wildman–Crippen LogP) is 1.76. The van der Waals surface area contributed by atoms with Crippen LogP contribution in [0, 0.1) is 0 Å². The summed E-state index contributed by atoms with van der Waals surface area (Å²) in [6, 6.07) is 7.91. The van der Waals surface area contributed by atoms with Gasteiger partial charge in [-0.05, 0) is 29.7 Å². The number of carbonyl (C=O) groups is 1. The van der Waals surface area contributed by atoms with Gasteiger partial charge in [0, 0.05) is 31.4 Å². The summed E-state index contributed by atoms with van der Waals surface area (Å²) in [4.78, 5) is 21.0. The Morgan fingerprint density at radius 3 is 3.00 bits per heavy atom. The number of hydrogen-bond acceptors (Lipinski definition) is 4. The number of carboxylic acids is 1. The molecule has 1 N–H and O–H groups in total. The van der Waals surface area contributed by atoms with Gasteiger partial charge < -0.3 is 10.0 Å². The van der Waals surface area contributed by atoms with Gasteiger partial charge in [-0.1, -0.05) is 12.1 Å². The Hall–Kier alpha value is -2.43. The molecule has 0 fully saturated rings. The Morgan fingerprint density at radius 1 is 1.35 bits per heavy atom. The van der Waals surface area contributed by atoms with Gasteiger partial charge in [0.2, 0.25) is 0 Å². The van der Waals surface area contributed by atoms with E-state index in [0.29, 0.717) is 6.42 Å². The number of benzene rings is 1. The standard InChI is InChI=1S/C15H15N3O2/c1-18-5-4-11-6-10(2-3-14(11)18)7-12-8-13(15(19)20)17-9-16-12/h2-3,6,8-9H,4-5,7H2,1H3,(H,19,20). The molecule has 3 rings (SSSR count). The van der Waals surface area contributed by atoms with Crippen molar-refractivity contribution in [1.82, 2.24) is 9.97 Å². The molecule has 1 aromatic carbocycles. The molecule has 2 aromatic rings. The highest BCUT2D eigenvalue weighted by Gasteiger charge is 2.15. The van der Waals surface area contributed by atoms with Crippen molar-refractivity contribution >= 4 is 11.7 Å². The predicted molar refractivity (Wildman–Crippen MR) is 75.2 cm³/mol. The molecular weight excluding hydrogens is 254 g/mol. The molecule has 0 bridgehead atoms. The summed E-state index contributed by atoms with van der Waals surface area (Å²) in [6.07, 6.45) is 2.99. The number of nitrogens with zero attached hydrogens (tertiary/aromatic N) is 3. The Kier molecular flexibility index (Phi) is 3.10. The SMILES string of the molecule is CN1CCc2cc(Cc3cc(C(=O)O)ncn3)ccc21. The Bertz CT molecular complexity index is 670. The molecule has 0 radical (unpaired) electrons. The first-order valence-corrected chi connectivity index (χ1v) is 6.50. The summed E-state index contributed by atoms with van der Waals surface area (Å²) in [5.41, 5.74) is 4.54. The monoisotopic (exact) mass is 269 g/mol. The molecular formula is C15H15N3O2. The fourth-order valence-corrected chi connectivity index (χ4v) is 2.55. The van der Waals surface area contributed by atoms with Crippen LogP contribution >= 0.6 is 0 Å². The average Bonchev–Trinajstić information content (AvgIpc) is 2.80. The molecule has 1 aliphatic heterocycles. The van der Waals surface area contributed by atoms with Crippen LogP contribution in [0.3, 0.4) is 0 Å². The second-order valence-corrected chi connectivity index (χ2v) is 5.01. The largest absolute Gasteiger partial charge is 0.477 e. The zero-order valence-corrected chi connectivity index (χ0v) is 11.2. The van der Waals surface area contributed by atoms with Crippen LogP contribution in [0.15, 0.2) is 30.6 Å². The molecule has 20 heavy (non-hydrogen) atoms. The van der Waals surface area contributed by atoms with Gasteiger partial charge in [-0.2, -0.15) is 0 Å². The summed E-state index contributed by atoms with van der Waals surface area (Å²) in [7, 11) is 2.09. The number of carboxylic acid groups (broad SMARTS) is 1. The third kappa shape index (κ3) is 2.34. The maximum absolute atomic E-state index is 10.9. The molecule has 0 aliphatic carbocycles. The number of fused-ring (bicyclic) bond motifs is 1. The quantitative estimate of drug-likeness (QED) is 0.919. The highest BCUT2D eigenvalue weighted by atomic mass is 16.4. The van der Waals surface area contributed by atoms with Crippen molar-refractivity contribution in [3.05, 3.63) is 53.1 Å². The van der Waals surface area contributed by atoms with Crippen LogP contribution in [0.2, 0.25) is 0 Å². The highest BCUT2D eigenvalue weighted by molar-refractivity contribution is 5.85. The van der Waals surface area contributed by atoms with Crippen LogP contribution in [0.1, 0.15) is 27.3 Å². The maximum Gasteiger partial charge on any atom is 0.354 e. The first-order valence-electron chi connectivity index (χ1n) is 6.50. The molecule has 102 valence electrons. The van der Waals surface area contributed by atoms with E-state index in [9.17, 15) is 4.79 Å². The van der Waals surface area contributed by atoms with E-state index in [1.807, 2.05) is 0 Å². The molecule has 2 heterocycles.